The highest BCUT2D eigenvalue weighted by Crippen LogP contribution is 2.31. The molecule has 0 fully saturated rings. The topological polar surface area (TPSA) is 17.1 Å². The van der Waals surface area contributed by atoms with Gasteiger partial charge in [-0.05, 0) is 43.0 Å². The van der Waals surface area contributed by atoms with Crippen molar-refractivity contribution in [1.82, 2.24) is 0 Å². The first-order valence-electron chi connectivity index (χ1n) is 6.33. The van der Waals surface area contributed by atoms with Crippen LogP contribution in [0.2, 0.25) is 5.02 Å². The van der Waals surface area contributed by atoms with E-state index in [2.05, 4.69) is 0 Å². The second kappa shape index (κ2) is 5.58. The fraction of sp³-hybridized carbons (Fsp3) is 0.235. The van der Waals surface area contributed by atoms with Gasteiger partial charge in [0.05, 0.1) is 5.41 Å². The van der Waals surface area contributed by atoms with Gasteiger partial charge in [-0.25, -0.2) is 0 Å². The van der Waals surface area contributed by atoms with Gasteiger partial charge < -0.3 is 4.79 Å². The third-order valence-corrected chi connectivity index (χ3v) is 3.90. The number of aldehydes is 1. The zero-order chi connectivity index (χ0) is 13.9. The van der Waals surface area contributed by atoms with Crippen molar-refractivity contribution in [3.63, 3.8) is 0 Å². The van der Waals surface area contributed by atoms with E-state index in [1.54, 1.807) is 0 Å². The summed E-state index contributed by atoms with van der Waals surface area (Å²) in [6.45, 7) is 4.00. The summed E-state index contributed by atoms with van der Waals surface area (Å²) in [6.07, 6.45) is 1.64. The highest BCUT2D eigenvalue weighted by molar-refractivity contribution is 6.31. The number of hydrogen-bond acceptors (Lipinski definition) is 1. The van der Waals surface area contributed by atoms with Gasteiger partial charge in [0.2, 0.25) is 0 Å². The van der Waals surface area contributed by atoms with Crippen molar-refractivity contribution in [2.24, 2.45) is 0 Å². The number of rotatable bonds is 4. The lowest BCUT2D eigenvalue weighted by atomic mass is 9.77. The van der Waals surface area contributed by atoms with E-state index in [4.69, 9.17) is 11.6 Å². The Hall–Kier alpha value is -1.60. The maximum atomic E-state index is 11.7. The van der Waals surface area contributed by atoms with Crippen LogP contribution >= 0.6 is 11.6 Å². The van der Waals surface area contributed by atoms with Gasteiger partial charge in [0.15, 0.2) is 0 Å². The molecule has 98 valence electrons. The summed E-state index contributed by atoms with van der Waals surface area (Å²) >= 11 is 6.20. The maximum absolute atomic E-state index is 11.7. The molecular formula is C17H17ClO. The van der Waals surface area contributed by atoms with Crippen LogP contribution in [0.3, 0.4) is 0 Å². The first kappa shape index (κ1) is 13.8. The van der Waals surface area contributed by atoms with Crippen molar-refractivity contribution >= 4 is 17.9 Å². The first-order valence-corrected chi connectivity index (χ1v) is 6.70. The summed E-state index contributed by atoms with van der Waals surface area (Å²) in [5.74, 6) is 0. The van der Waals surface area contributed by atoms with E-state index in [-0.39, 0.29) is 0 Å². The molecule has 1 atom stereocenters. The average molecular weight is 273 g/mol. The van der Waals surface area contributed by atoms with Crippen LogP contribution in [0.1, 0.15) is 23.6 Å². The normalized spacial score (nSPS) is 13.8. The van der Waals surface area contributed by atoms with Gasteiger partial charge in [-0.15, -0.1) is 0 Å². The number of carbonyl (C=O) groups is 1. The molecule has 2 heteroatoms. The molecule has 1 unspecified atom stereocenters. The molecule has 0 saturated carbocycles. The van der Waals surface area contributed by atoms with Gasteiger partial charge in [0.25, 0.3) is 0 Å². The van der Waals surface area contributed by atoms with E-state index in [0.29, 0.717) is 11.4 Å². The van der Waals surface area contributed by atoms with Crippen LogP contribution in [0.15, 0.2) is 48.5 Å². The Morgan fingerprint density at radius 1 is 1.11 bits per heavy atom. The smallest absolute Gasteiger partial charge is 0.130 e. The molecule has 0 radical (unpaired) electrons. The van der Waals surface area contributed by atoms with Crippen molar-refractivity contribution in [2.45, 2.75) is 25.7 Å². The van der Waals surface area contributed by atoms with Gasteiger partial charge in [-0.2, -0.15) is 0 Å². The Balaban J connectivity index is 2.42. The number of hydrogen-bond donors (Lipinski definition) is 0. The predicted molar refractivity (Wildman–Crippen MR) is 79.8 cm³/mol. The molecule has 2 aromatic carbocycles. The SMILES string of the molecule is Cc1ccccc1C(C)(C=O)Cc1ccccc1Cl. The highest BCUT2D eigenvalue weighted by atomic mass is 35.5. The molecule has 19 heavy (non-hydrogen) atoms. The van der Waals surface area contributed by atoms with Gasteiger partial charge in [-0.3, -0.25) is 0 Å². The summed E-state index contributed by atoms with van der Waals surface area (Å²) in [6, 6.07) is 15.7. The summed E-state index contributed by atoms with van der Waals surface area (Å²) in [5.41, 5.74) is 2.65. The Labute approximate surface area is 119 Å². The zero-order valence-corrected chi connectivity index (χ0v) is 11.9. The predicted octanol–water partition coefficient (Wildman–Crippen LogP) is 4.35. The quantitative estimate of drug-likeness (QED) is 0.757. The standard InChI is InChI=1S/C17H17ClO/c1-13-7-3-5-9-15(13)17(2,12-19)11-14-8-4-6-10-16(14)18/h3-10,12H,11H2,1-2H3. The van der Waals surface area contributed by atoms with Crippen LogP contribution in [0.4, 0.5) is 0 Å². The number of benzene rings is 2. The molecule has 0 heterocycles. The second-order valence-electron chi connectivity index (χ2n) is 5.12. The molecule has 0 saturated heterocycles. The van der Waals surface area contributed by atoms with Crippen LogP contribution in [0.25, 0.3) is 0 Å². The minimum atomic E-state index is -0.545. The summed E-state index contributed by atoms with van der Waals surface area (Å²) in [7, 11) is 0. The minimum Gasteiger partial charge on any atom is -0.302 e. The molecule has 0 aliphatic rings. The first-order chi connectivity index (χ1) is 9.07. The Morgan fingerprint density at radius 3 is 2.37 bits per heavy atom. The van der Waals surface area contributed by atoms with Crippen molar-refractivity contribution < 1.29 is 4.79 Å². The molecular weight excluding hydrogens is 256 g/mol. The van der Waals surface area contributed by atoms with E-state index in [9.17, 15) is 4.79 Å². The average Bonchev–Trinajstić information content (AvgIpc) is 2.42. The molecule has 0 aromatic heterocycles. The van der Waals surface area contributed by atoms with Crippen molar-refractivity contribution in [1.29, 1.82) is 0 Å². The minimum absolute atomic E-state index is 0.545. The van der Waals surface area contributed by atoms with Crippen molar-refractivity contribution in [3.05, 3.63) is 70.2 Å². The molecule has 0 aliphatic carbocycles. The fourth-order valence-electron chi connectivity index (χ4n) is 2.45. The molecule has 0 amide bonds. The number of aryl methyl sites for hydroxylation is 1. The summed E-state index contributed by atoms with van der Waals surface area (Å²) < 4.78 is 0. The van der Waals surface area contributed by atoms with Crippen LogP contribution in [-0.2, 0) is 16.6 Å². The van der Waals surface area contributed by atoms with E-state index < -0.39 is 5.41 Å². The third kappa shape index (κ3) is 2.87. The van der Waals surface area contributed by atoms with Crippen LogP contribution in [0, 0.1) is 6.92 Å². The lowest BCUT2D eigenvalue weighted by Crippen LogP contribution is -2.28. The van der Waals surface area contributed by atoms with Crippen molar-refractivity contribution in [2.75, 3.05) is 0 Å². The van der Waals surface area contributed by atoms with Crippen LogP contribution < -0.4 is 0 Å². The molecule has 2 rings (SSSR count). The summed E-state index contributed by atoms with van der Waals surface area (Å²) in [5, 5.41) is 0.712. The molecule has 0 N–H and O–H groups in total. The summed E-state index contributed by atoms with van der Waals surface area (Å²) in [4.78, 5) is 11.7. The van der Waals surface area contributed by atoms with Crippen LogP contribution in [0.5, 0.6) is 0 Å². The van der Waals surface area contributed by atoms with E-state index >= 15 is 0 Å². The molecule has 2 aromatic rings. The maximum Gasteiger partial charge on any atom is 0.130 e. The lowest BCUT2D eigenvalue weighted by molar-refractivity contribution is -0.112. The fourth-order valence-corrected chi connectivity index (χ4v) is 2.65. The van der Waals surface area contributed by atoms with Gasteiger partial charge >= 0.3 is 0 Å². The largest absolute Gasteiger partial charge is 0.302 e. The van der Waals surface area contributed by atoms with Gasteiger partial charge in [0, 0.05) is 5.02 Å². The monoisotopic (exact) mass is 272 g/mol. The Bertz CT molecular complexity index is 591. The molecule has 0 spiro atoms. The molecule has 0 aliphatic heterocycles. The van der Waals surface area contributed by atoms with Crippen molar-refractivity contribution in [3.8, 4) is 0 Å². The lowest BCUT2D eigenvalue weighted by Gasteiger charge is -2.26. The zero-order valence-electron chi connectivity index (χ0n) is 11.2. The molecule has 1 nitrogen and oxygen atoms in total. The Morgan fingerprint density at radius 2 is 1.74 bits per heavy atom. The Kier molecular flexibility index (Phi) is 4.06. The highest BCUT2D eigenvalue weighted by Gasteiger charge is 2.28. The number of halogens is 1. The van der Waals surface area contributed by atoms with Crippen LogP contribution in [-0.4, -0.2) is 6.29 Å². The second-order valence-corrected chi connectivity index (χ2v) is 5.53. The third-order valence-electron chi connectivity index (χ3n) is 3.54. The van der Waals surface area contributed by atoms with Gasteiger partial charge in [-0.1, -0.05) is 54.1 Å². The number of carbonyl (C=O) groups excluding carboxylic acids is 1. The van der Waals surface area contributed by atoms with E-state index in [1.807, 2.05) is 62.4 Å². The van der Waals surface area contributed by atoms with E-state index in [1.165, 1.54) is 0 Å². The molecule has 0 bridgehead atoms. The van der Waals surface area contributed by atoms with E-state index in [0.717, 1.165) is 23.0 Å². The van der Waals surface area contributed by atoms with Gasteiger partial charge in [0.1, 0.15) is 6.29 Å².